The average molecular weight is 271 g/mol. The molecule has 0 aromatic heterocycles. The highest BCUT2D eigenvalue weighted by atomic mass is 79.9. The molecule has 0 N–H and O–H groups in total. The fourth-order valence-corrected chi connectivity index (χ4v) is 1.56. The Hall–Kier alpha value is -0.830. The molecule has 0 unspecified atom stereocenters. The Morgan fingerprint density at radius 3 is 2.47 bits per heavy atom. The van der Waals surface area contributed by atoms with E-state index in [9.17, 15) is 4.79 Å². The first-order valence-electron chi connectivity index (χ1n) is 5.09. The van der Waals surface area contributed by atoms with Gasteiger partial charge in [-0.05, 0) is 30.0 Å². The molecule has 15 heavy (non-hydrogen) atoms. The first-order valence-corrected chi connectivity index (χ1v) is 5.74. The maximum absolute atomic E-state index is 11.1. The van der Waals surface area contributed by atoms with E-state index in [0.29, 0.717) is 11.5 Å². The van der Waals surface area contributed by atoms with Gasteiger partial charge in [-0.15, -0.1) is 0 Å². The summed E-state index contributed by atoms with van der Waals surface area (Å²) < 4.78 is 4.45. The van der Waals surface area contributed by atoms with Crippen molar-refractivity contribution in [3.63, 3.8) is 0 Å². The molecule has 0 aliphatic carbocycles. The number of halogens is 1. The summed E-state index contributed by atoms with van der Waals surface area (Å²) in [5, 5.41) is 0. The van der Waals surface area contributed by atoms with Gasteiger partial charge >= 0.3 is 5.97 Å². The third-order valence-electron chi connectivity index (χ3n) is 2.54. The molecule has 0 heterocycles. The second-order valence-corrected chi connectivity index (χ2v) is 4.10. The summed E-state index contributed by atoms with van der Waals surface area (Å²) in [7, 11) is 0. The van der Waals surface area contributed by atoms with Crippen LogP contribution in [0.4, 0.5) is 0 Å². The number of carbonyl (C=O) groups excluding carboxylic acids is 1. The van der Waals surface area contributed by atoms with Crippen molar-refractivity contribution in [2.75, 3.05) is 0 Å². The van der Waals surface area contributed by atoms with Gasteiger partial charge in [0.15, 0.2) is 16.3 Å². The van der Waals surface area contributed by atoms with Crippen LogP contribution in [0.15, 0.2) is 24.3 Å². The Morgan fingerprint density at radius 1 is 1.40 bits per heavy atom. The summed E-state index contributed by atoms with van der Waals surface area (Å²) in [4.78, 5) is 11.1. The van der Waals surface area contributed by atoms with Crippen molar-refractivity contribution in [1.29, 1.82) is 0 Å². The van der Waals surface area contributed by atoms with Crippen molar-refractivity contribution >= 4 is 22.2 Å². The topological polar surface area (TPSA) is 26.3 Å². The van der Waals surface area contributed by atoms with Crippen molar-refractivity contribution < 1.29 is 8.62 Å². The second kappa shape index (κ2) is 5.91. The standard InChI is InChI=1S/C12H15BrO2/c1-3-9(2)8-10-4-6-11(7-5-10)12(14)15-13/h4-7,9H,3,8H2,1-2H3/t9-/m1/s1. The lowest BCUT2D eigenvalue weighted by Crippen LogP contribution is -2.00. The van der Waals surface area contributed by atoms with E-state index in [4.69, 9.17) is 0 Å². The van der Waals surface area contributed by atoms with Crippen LogP contribution in [0.3, 0.4) is 0 Å². The molecule has 0 amide bonds. The zero-order chi connectivity index (χ0) is 11.3. The van der Waals surface area contributed by atoms with E-state index in [0.717, 1.165) is 6.42 Å². The molecule has 1 atom stereocenters. The maximum atomic E-state index is 11.1. The molecule has 2 nitrogen and oxygen atoms in total. The normalized spacial score (nSPS) is 12.2. The lowest BCUT2D eigenvalue weighted by molar-refractivity contribution is 0.0782. The Kier molecular flexibility index (Phi) is 4.82. The van der Waals surface area contributed by atoms with Gasteiger partial charge in [-0.3, -0.25) is 0 Å². The maximum Gasteiger partial charge on any atom is 0.349 e. The van der Waals surface area contributed by atoms with Crippen LogP contribution in [0.5, 0.6) is 0 Å². The van der Waals surface area contributed by atoms with Gasteiger partial charge < -0.3 is 3.83 Å². The minimum Gasteiger partial charge on any atom is -0.380 e. The number of rotatable bonds is 4. The van der Waals surface area contributed by atoms with E-state index in [-0.39, 0.29) is 5.97 Å². The quantitative estimate of drug-likeness (QED) is 0.833. The van der Waals surface area contributed by atoms with Crippen LogP contribution in [0.25, 0.3) is 0 Å². The Labute approximate surface area is 99.1 Å². The van der Waals surface area contributed by atoms with Gasteiger partial charge in [-0.1, -0.05) is 32.4 Å². The molecule has 1 aromatic carbocycles. The van der Waals surface area contributed by atoms with Crippen LogP contribution in [-0.2, 0) is 10.2 Å². The SMILES string of the molecule is CC[C@@H](C)Cc1ccc(C(=O)OBr)cc1. The Morgan fingerprint density at radius 2 is 2.00 bits per heavy atom. The molecular formula is C12H15BrO2. The van der Waals surface area contributed by atoms with Crippen LogP contribution in [0.1, 0.15) is 36.2 Å². The fraction of sp³-hybridized carbons (Fsp3) is 0.417. The number of hydrogen-bond acceptors (Lipinski definition) is 2. The highest BCUT2D eigenvalue weighted by molar-refractivity contribution is 9.06. The lowest BCUT2D eigenvalue weighted by Gasteiger charge is -2.08. The Bertz CT molecular complexity index is 319. The molecular weight excluding hydrogens is 256 g/mol. The number of carbonyl (C=O) groups is 1. The molecule has 3 heteroatoms. The summed E-state index contributed by atoms with van der Waals surface area (Å²) in [5.41, 5.74) is 1.83. The van der Waals surface area contributed by atoms with Crippen molar-refractivity contribution in [1.82, 2.24) is 0 Å². The molecule has 0 saturated carbocycles. The van der Waals surface area contributed by atoms with Gasteiger partial charge in [0, 0.05) is 0 Å². The van der Waals surface area contributed by atoms with Gasteiger partial charge in [0.25, 0.3) is 0 Å². The smallest absolute Gasteiger partial charge is 0.349 e. The van der Waals surface area contributed by atoms with Gasteiger partial charge in [0.05, 0.1) is 5.56 Å². The van der Waals surface area contributed by atoms with E-state index >= 15 is 0 Å². The summed E-state index contributed by atoms with van der Waals surface area (Å²) in [5.74, 6) is 0.323. The van der Waals surface area contributed by atoms with Crippen LogP contribution in [-0.4, -0.2) is 5.97 Å². The third-order valence-corrected chi connectivity index (χ3v) is 2.83. The van der Waals surface area contributed by atoms with Crippen molar-refractivity contribution in [3.8, 4) is 0 Å². The molecule has 0 aliphatic rings. The third kappa shape index (κ3) is 3.67. The monoisotopic (exact) mass is 270 g/mol. The average Bonchev–Trinajstić information content (AvgIpc) is 2.29. The summed E-state index contributed by atoms with van der Waals surface area (Å²) in [6, 6.07) is 7.54. The molecule has 0 bridgehead atoms. The van der Waals surface area contributed by atoms with Crippen LogP contribution in [0.2, 0.25) is 0 Å². The van der Waals surface area contributed by atoms with Gasteiger partial charge in [0.1, 0.15) is 0 Å². The van der Waals surface area contributed by atoms with E-state index in [1.807, 2.05) is 12.1 Å². The molecule has 0 radical (unpaired) electrons. The summed E-state index contributed by atoms with van der Waals surface area (Å²) >= 11 is 2.67. The van der Waals surface area contributed by atoms with Crippen LogP contribution >= 0.6 is 16.3 Å². The van der Waals surface area contributed by atoms with Gasteiger partial charge in [-0.25, -0.2) is 4.79 Å². The van der Waals surface area contributed by atoms with Crippen LogP contribution in [0, 0.1) is 5.92 Å². The first-order chi connectivity index (χ1) is 7.17. The van der Waals surface area contributed by atoms with E-state index in [1.165, 1.54) is 12.0 Å². The largest absolute Gasteiger partial charge is 0.380 e. The van der Waals surface area contributed by atoms with Gasteiger partial charge in [-0.2, -0.15) is 0 Å². The molecule has 0 saturated heterocycles. The summed E-state index contributed by atoms with van der Waals surface area (Å²) in [6.45, 7) is 4.40. The number of benzene rings is 1. The molecule has 0 fully saturated rings. The van der Waals surface area contributed by atoms with Crippen molar-refractivity contribution in [2.45, 2.75) is 26.7 Å². The fourth-order valence-electron chi connectivity index (χ4n) is 1.37. The highest BCUT2D eigenvalue weighted by Gasteiger charge is 2.06. The van der Waals surface area contributed by atoms with E-state index in [1.54, 1.807) is 12.1 Å². The zero-order valence-corrected chi connectivity index (χ0v) is 10.6. The molecule has 82 valence electrons. The Balaban J connectivity index is 2.68. The summed E-state index contributed by atoms with van der Waals surface area (Å²) in [6.07, 6.45) is 2.23. The molecule has 0 spiro atoms. The van der Waals surface area contributed by atoms with E-state index in [2.05, 4.69) is 33.9 Å². The minimum atomic E-state index is -0.356. The zero-order valence-electron chi connectivity index (χ0n) is 9.00. The highest BCUT2D eigenvalue weighted by Crippen LogP contribution is 2.13. The van der Waals surface area contributed by atoms with Gasteiger partial charge in [0.2, 0.25) is 0 Å². The predicted octanol–water partition coefficient (Wildman–Crippen LogP) is 3.74. The molecule has 0 aliphatic heterocycles. The minimum absolute atomic E-state index is 0.356. The molecule has 1 aromatic rings. The molecule has 1 rings (SSSR count). The van der Waals surface area contributed by atoms with E-state index < -0.39 is 0 Å². The lowest BCUT2D eigenvalue weighted by atomic mass is 9.98. The van der Waals surface area contributed by atoms with Crippen molar-refractivity contribution in [3.05, 3.63) is 35.4 Å². The first kappa shape index (κ1) is 12.2. The predicted molar refractivity (Wildman–Crippen MR) is 63.9 cm³/mol. The number of hydrogen-bond donors (Lipinski definition) is 0. The second-order valence-electron chi connectivity index (χ2n) is 3.78. The van der Waals surface area contributed by atoms with Crippen molar-refractivity contribution in [2.24, 2.45) is 5.92 Å². The van der Waals surface area contributed by atoms with Crippen LogP contribution < -0.4 is 0 Å².